The number of ether oxygens (including phenoxy) is 1. The molecular weight excluding hydrogens is 247 g/mol. The number of hydrogen-bond donors (Lipinski definition) is 1. The molecule has 0 saturated carbocycles. The summed E-state index contributed by atoms with van der Waals surface area (Å²) in [6.07, 6.45) is 0.769. The van der Waals surface area contributed by atoms with Crippen LogP contribution in [0.4, 0.5) is 4.39 Å². The molecule has 0 aliphatic carbocycles. The first-order valence-electron chi connectivity index (χ1n) is 5.90. The predicted octanol–water partition coefficient (Wildman–Crippen LogP) is 3.88. The third-order valence-electron chi connectivity index (χ3n) is 2.75. The summed E-state index contributed by atoms with van der Waals surface area (Å²) in [5, 5.41) is 8.76. The summed E-state index contributed by atoms with van der Waals surface area (Å²) in [5.41, 5.74) is 0.859. The maximum absolute atomic E-state index is 13.7. The topological polar surface area (TPSA) is 46.5 Å². The Balaban J connectivity index is 2.31. The average molecular weight is 260 g/mol. The summed E-state index contributed by atoms with van der Waals surface area (Å²) in [4.78, 5) is 10.7. The van der Waals surface area contributed by atoms with Crippen molar-refractivity contribution in [2.75, 3.05) is 0 Å². The van der Waals surface area contributed by atoms with Crippen LogP contribution in [0.5, 0.6) is 11.5 Å². The molecule has 0 radical (unpaired) electrons. The number of para-hydroxylation sites is 1. The van der Waals surface area contributed by atoms with E-state index in [4.69, 9.17) is 9.84 Å². The van der Waals surface area contributed by atoms with Crippen LogP contribution < -0.4 is 4.74 Å². The molecule has 0 aliphatic heterocycles. The second-order valence-corrected chi connectivity index (χ2v) is 4.01. The standard InChI is InChI=1S/C15H13FO3/c1-2-10-5-3-4-6-13(10)19-14-8-7-11(15(17)18)9-12(14)16/h3-9H,2H2,1H3,(H,17,18). The Hall–Kier alpha value is -2.36. The van der Waals surface area contributed by atoms with Gasteiger partial charge in [-0.2, -0.15) is 0 Å². The van der Waals surface area contributed by atoms with Gasteiger partial charge in [0.25, 0.3) is 0 Å². The molecule has 0 amide bonds. The van der Waals surface area contributed by atoms with Crippen LogP contribution in [0.25, 0.3) is 0 Å². The fraction of sp³-hybridized carbons (Fsp3) is 0.133. The van der Waals surface area contributed by atoms with Crippen LogP contribution in [0.2, 0.25) is 0 Å². The fourth-order valence-electron chi connectivity index (χ4n) is 1.73. The van der Waals surface area contributed by atoms with Crippen LogP contribution in [0, 0.1) is 5.82 Å². The molecule has 2 aromatic carbocycles. The molecule has 0 spiro atoms. The predicted molar refractivity (Wildman–Crippen MR) is 69.3 cm³/mol. The molecule has 2 aromatic rings. The zero-order valence-corrected chi connectivity index (χ0v) is 10.4. The van der Waals surface area contributed by atoms with Crippen molar-refractivity contribution in [1.82, 2.24) is 0 Å². The number of aryl methyl sites for hydroxylation is 1. The zero-order valence-electron chi connectivity index (χ0n) is 10.4. The van der Waals surface area contributed by atoms with Gasteiger partial charge >= 0.3 is 5.97 Å². The van der Waals surface area contributed by atoms with E-state index < -0.39 is 11.8 Å². The number of benzene rings is 2. The minimum absolute atomic E-state index is 0.0194. The minimum atomic E-state index is -1.17. The largest absolute Gasteiger partial charge is 0.478 e. The zero-order chi connectivity index (χ0) is 13.8. The van der Waals surface area contributed by atoms with E-state index >= 15 is 0 Å². The van der Waals surface area contributed by atoms with Crippen molar-refractivity contribution in [3.63, 3.8) is 0 Å². The summed E-state index contributed by atoms with van der Waals surface area (Å²) in [6.45, 7) is 1.98. The van der Waals surface area contributed by atoms with Crippen LogP contribution in [0.1, 0.15) is 22.8 Å². The second kappa shape index (κ2) is 5.52. The van der Waals surface area contributed by atoms with E-state index in [1.165, 1.54) is 12.1 Å². The molecule has 2 rings (SSSR count). The summed E-state index contributed by atoms with van der Waals surface area (Å²) < 4.78 is 19.2. The number of carboxylic acid groups (broad SMARTS) is 1. The number of carbonyl (C=O) groups is 1. The van der Waals surface area contributed by atoms with Gasteiger partial charge in [-0.05, 0) is 36.2 Å². The molecule has 0 bridgehead atoms. The first-order valence-corrected chi connectivity index (χ1v) is 5.90. The summed E-state index contributed by atoms with van der Waals surface area (Å²) >= 11 is 0. The SMILES string of the molecule is CCc1ccccc1Oc1ccc(C(=O)O)cc1F. The number of aromatic carboxylic acids is 1. The first kappa shape index (κ1) is 13.1. The van der Waals surface area contributed by atoms with Crippen LogP contribution in [-0.4, -0.2) is 11.1 Å². The van der Waals surface area contributed by atoms with Gasteiger partial charge in [-0.1, -0.05) is 25.1 Å². The molecule has 0 fully saturated rings. The molecule has 98 valence electrons. The lowest BCUT2D eigenvalue weighted by Crippen LogP contribution is -1.98. The first-order chi connectivity index (χ1) is 9.11. The second-order valence-electron chi connectivity index (χ2n) is 4.01. The van der Waals surface area contributed by atoms with Gasteiger partial charge in [0.1, 0.15) is 5.75 Å². The van der Waals surface area contributed by atoms with Gasteiger partial charge in [-0.25, -0.2) is 9.18 Å². The van der Waals surface area contributed by atoms with E-state index in [2.05, 4.69) is 0 Å². The fourth-order valence-corrected chi connectivity index (χ4v) is 1.73. The molecule has 0 heterocycles. The van der Waals surface area contributed by atoms with Crippen LogP contribution in [0.15, 0.2) is 42.5 Å². The third-order valence-corrected chi connectivity index (χ3v) is 2.75. The van der Waals surface area contributed by atoms with Crippen molar-refractivity contribution in [1.29, 1.82) is 0 Å². The molecule has 19 heavy (non-hydrogen) atoms. The normalized spacial score (nSPS) is 10.2. The highest BCUT2D eigenvalue weighted by Crippen LogP contribution is 2.28. The monoisotopic (exact) mass is 260 g/mol. The third kappa shape index (κ3) is 2.91. The Bertz CT molecular complexity index is 608. The molecule has 4 heteroatoms. The highest BCUT2D eigenvalue weighted by atomic mass is 19.1. The molecule has 0 aromatic heterocycles. The molecule has 0 saturated heterocycles. The molecule has 0 unspecified atom stereocenters. The van der Waals surface area contributed by atoms with Crippen LogP contribution in [-0.2, 0) is 6.42 Å². The Morgan fingerprint density at radius 2 is 1.95 bits per heavy atom. The van der Waals surface area contributed by atoms with Gasteiger partial charge in [0.15, 0.2) is 11.6 Å². The van der Waals surface area contributed by atoms with Crippen molar-refractivity contribution in [2.45, 2.75) is 13.3 Å². The minimum Gasteiger partial charge on any atom is -0.478 e. The number of hydrogen-bond acceptors (Lipinski definition) is 2. The number of halogens is 1. The lowest BCUT2D eigenvalue weighted by Gasteiger charge is -2.10. The highest BCUT2D eigenvalue weighted by molar-refractivity contribution is 5.87. The number of carboxylic acids is 1. The molecular formula is C15H13FO3. The van der Waals surface area contributed by atoms with Crippen LogP contribution in [0.3, 0.4) is 0 Å². The van der Waals surface area contributed by atoms with Crippen molar-refractivity contribution in [2.24, 2.45) is 0 Å². The maximum Gasteiger partial charge on any atom is 0.335 e. The van der Waals surface area contributed by atoms with E-state index in [9.17, 15) is 9.18 Å². The van der Waals surface area contributed by atoms with E-state index in [-0.39, 0.29) is 11.3 Å². The highest BCUT2D eigenvalue weighted by Gasteiger charge is 2.11. The van der Waals surface area contributed by atoms with Gasteiger partial charge in [-0.3, -0.25) is 0 Å². The van der Waals surface area contributed by atoms with Crippen molar-refractivity contribution < 1.29 is 19.0 Å². The maximum atomic E-state index is 13.7. The molecule has 0 atom stereocenters. The van der Waals surface area contributed by atoms with E-state index in [0.29, 0.717) is 5.75 Å². The van der Waals surface area contributed by atoms with Crippen LogP contribution >= 0.6 is 0 Å². The van der Waals surface area contributed by atoms with Gasteiger partial charge in [0.2, 0.25) is 0 Å². The van der Waals surface area contributed by atoms with E-state index in [1.54, 1.807) is 12.1 Å². The molecule has 1 N–H and O–H groups in total. The summed E-state index contributed by atoms with van der Waals surface area (Å²) in [7, 11) is 0. The van der Waals surface area contributed by atoms with Gasteiger partial charge in [-0.15, -0.1) is 0 Å². The molecule has 3 nitrogen and oxygen atoms in total. The quantitative estimate of drug-likeness (QED) is 0.907. The Kier molecular flexibility index (Phi) is 3.80. The molecule has 0 aliphatic rings. The Morgan fingerprint density at radius 3 is 2.58 bits per heavy atom. The number of rotatable bonds is 4. The Morgan fingerprint density at radius 1 is 1.21 bits per heavy atom. The van der Waals surface area contributed by atoms with Gasteiger partial charge in [0.05, 0.1) is 5.56 Å². The lowest BCUT2D eigenvalue weighted by molar-refractivity contribution is 0.0696. The summed E-state index contributed by atoms with van der Waals surface area (Å²) in [6, 6.07) is 10.9. The lowest BCUT2D eigenvalue weighted by atomic mass is 10.1. The van der Waals surface area contributed by atoms with Crippen molar-refractivity contribution in [3.8, 4) is 11.5 Å². The van der Waals surface area contributed by atoms with Crippen molar-refractivity contribution in [3.05, 3.63) is 59.4 Å². The van der Waals surface area contributed by atoms with Gasteiger partial charge in [0, 0.05) is 0 Å². The van der Waals surface area contributed by atoms with Gasteiger partial charge < -0.3 is 9.84 Å². The van der Waals surface area contributed by atoms with Crippen molar-refractivity contribution >= 4 is 5.97 Å². The van der Waals surface area contributed by atoms with E-state index in [0.717, 1.165) is 18.1 Å². The Labute approximate surface area is 110 Å². The van der Waals surface area contributed by atoms with E-state index in [1.807, 2.05) is 19.1 Å². The average Bonchev–Trinajstić information content (AvgIpc) is 2.41. The smallest absolute Gasteiger partial charge is 0.335 e. The summed E-state index contributed by atoms with van der Waals surface area (Å²) in [5.74, 6) is -1.26.